The fourth-order valence-corrected chi connectivity index (χ4v) is 3.08. The summed E-state index contributed by atoms with van der Waals surface area (Å²) < 4.78 is 1.67. The van der Waals surface area contributed by atoms with Crippen LogP contribution in [-0.4, -0.2) is 20.5 Å². The molecule has 2 aromatic heterocycles. The van der Waals surface area contributed by atoms with Crippen LogP contribution >= 0.6 is 11.3 Å². The Labute approximate surface area is 111 Å². The molecule has 0 atom stereocenters. The molecule has 0 bridgehead atoms. The van der Waals surface area contributed by atoms with Crippen molar-refractivity contribution in [1.82, 2.24) is 14.6 Å². The van der Waals surface area contributed by atoms with Crippen LogP contribution in [0.2, 0.25) is 0 Å². The lowest BCUT2D eigenvalue weighted by atomic mass is 10.1. The maximum Gasteiger partial charge on any atom is 0.228 e. The second-order valence-corrected chi connectivity index (χ2v) is 5.35. The van der Waals surface area contributed by atoms with E-state index in [0.29, 0.717) is 12.2 Å². The fraction of sp³-hybridized carbons (Fsp3) is 0.0833. The first kappa shape index (κ1) is 10.5. The first-order valence-corrected chi connectivity index (χ1v) is 6.55. The Kier molecular flexibility index (Phi) is 1.96. The van der Waals surface area contributed by atoms with Crippen molar-refractivity contribution < 1.29 is 4.79 Å². The average molecular weight is 271 g/mol. The van der Waals surface area contributed by atoms with Crippen LogP contribution in [0.3, 0.4) is 0 Å². The predicted molar refractivity (Wildman–Crippen MR) is 73.0 cm³/mol. The second-order valence-electron chi connectivity index (χ2n) is 4.40. The molecule has 0 aliphatic carbocycles. The summed E-state index contributed by atoms with van der Waals surface area (Å²) in [4.78, 5) is 16.3. The van der Waals surface area contributed by atoms with Crippen molar-refractivity contribution in [2.45, 2.75) is 6.42 Å². The minimum absolute atomic E-state index is 0.0360. The quantitative estimate of drug-likeness (QED) is 0.703. The van der Waals surface area contributed by atoms with Gasteiger partial charge in [0.2, 0.25) is 10.9 Å². The van der Waals surface area contributed by atoms with Gasteiger partial charge in [-0.05, 0) is 23.8 Å². The molecule has 1 aliphatic heterocycles. The molecule has 3 N–H and O–H groups in total. The number of nitrogens with zero attached hydrogens (tertiary/aromatic N) is 3. The van der Waals surface area contributed by atoms with Gasteiger partial charge in [-0.3, -0.25) is 4.79 Å². The molecular formula is C12H9N5OS. The molecule has 0 saturated heterocycles. The normalized spacial score (nSPS) is 13.8. The van der Waals surface area contributed by atoms with E-state index in [1.165, 1.54) is 11.3 Å². The molecule has 0 spiro atoms. The Morgan fingerprint density at radius 1 is 1.42 bits per heavy atom. The third-order valence-electron chi connectivity index (χ3n) is 3.04. The van der Waals surface area contributed by atoms with E-state index in [0.717, 1.165) is 26.8 Å². The van der Waals surface area contributed by atoms with Crippen LogP contribution in [0.15, 0.2) is 24.4 Å². The van der Waals surface area contributed by atoms with Crippen molar-refractivity contribution in [3.8, 4) is 10.6 Å². The Bertz CT molecular complexity index is 787. The number of aromatic nitrogens is 3. The summed E-state index contributed by atoms with van der Waals surface area (Å²) in [6.07, 6.45) is 2.12. The lowest BCUT2D eigenvalue weighted by molar-refractivity contribution is -0.115. The third kappa shape index (κ3) is 1.59. The van der Waals surface area contributed by atoms with E-state index in [1.54, 1.807) is 10.7 Å². The molecule has 94 valence electrons. The highest BCUT2D eigenvalue weighted by atomic mass is 32.1. The second kappa shape index (κ2) is 3.55. The van der Waals surface area contributed by atoms with Crippen molar-refractivity contribution in [3.05, 3.63) is 30.0 Å². The standard InChI is InChI=1S/C12H9N5OS/c13-9-5-17-12(15-9)19-11(16-17)6-1-2-8-7(3-6)4-10(18)14-8/h1-3,5H,4,13H2,(H,14,18). The highest BCUT2D eigenvalue weighted by Gasteiger charge is 2.18. The van der Waals surface area contributed by atoms with Gasteiger partial charge in [-0.15, -0.1) is 0 Å². The summed E-state index contributed by atoms with van der Waals surface area (Å²) in [5.74, 6) is 0.503. The number of carbonyl (C=O) groups is 1. The van der Waals surface area contributed by atoms with E-state index in [9.17, 15) is 4.79 Å². The van der Waals surface area contributed by atoms with Crippen molar-refractivity contribution in [3.63, 3.8) is 0 Å². The van der Waals surface area contributed by atoms with Gasteiger partial charge in [0.25, 0.3) is 0 Å². The van der Waals surface area contributed by atoms with Crippen LogP contribution in [-0.2, 0) is 11.2 Å². The molecule has 1 aliphatic rings. The van der Waals surface area contributed by atoms with E-state index in [4.69, 9.17) is 5.73 Å². The maximum absolute atomic E-state index is 11.3. The van der Waals surface area contributed by atoms with Gasteiger partial charge < -0.3 is 11.1 Å². The highest BCUT2D eigenvalue weighted by molar-refractivity contribution is 7.19. The van der Waals surface area contributed by atoms with Gasteiger partial charge in [0.15, 0.2) is 0 Å². The molecule has 6 nitrogen and oxygen atoms in total. The topological polar surface area (TPSA) is 85.3 Å². The van der Waals surface area contributed by atoms with E-state index in [1.807, 2.05) is 18.2 Å². The molecule has 4 rings (SSSR count). The van der Waals surface area contributed by atoms with Gasteiger partial charge in [-0.1, -0.05) is 11.3 Å². The SMILES string of the molecule is Nc1cn2nc(-c3ccc4c(c3)CC(=O)N4)sc2n1. The van der Waals surface area contributed by atoms with Crippen molar-refractivity contribution in [1.29, 1.82) is 0 Å². The summed E-state index contributed by atoms with van der Waals surface area (Å²) in [6, 6.07) is 5.86. The number of fused-ring (bicyclic) bond motifs is 2. The Morgan fingerprint density at radius 3 is 3.16 bits per heavy atom. The van der Waals surface area contributed by atoms with Gasteiger partial charge in [-0.25, -0.2) is 9.50 Å². The van der Waals surface area contributed by atoms with Crippen LogP contribution in [0.1, 0.15) is 5.56 Å². The molecule has 1 amide bonds. The molecule has 0 radical (unpaired) electrons. The lowest BCUT2D eigenvalue weighted by Gasteiger charge is -2.00. The molecular weight excluding hydrogens is 262 g/mol. The van der Waals surface area contributed by atoms with Gasteiger partial charge in [0.1, 0.15) is 10.8 Å². The number of rotatable bonds is 1. The largest absolute Gasteiger partial charge is 0.382 e. The lowest BCUT2D eigenvalue weighted by Crippen LogP contribution is -2.03. The number of carbonyl (C=O) groups excluding carboxylic acids is 1. The van der Waals surface area contributed by atoms with Crippen molar-refractivity contribution in [2.75, 3.05) is 11.1 Å². The number of amides is 1. The number of nitrogens with two attached hydrogens (primary N) is 1. The van der Waals surface area contributed by atoms with Crippen LogP contribution in [0.4, 0.5) is 11.5 Å². The number of nitrogen functional groups attached to an aromatic ring is 1. The molecule has 3 aromatic rings. The zero-order valence-electron chi connectivity index (χ0n) is 9.75. The molecule has 0 saturated carbocycles. The summed E-state index contributed by atoms with van der Waals surface area (Å²) in [5, 5.41) is 8.12. The fourth-order valence-electron chi connectivity index (χ4n) is 2.20. The van der Waals surface area contributed by atoms with E-state index in [-0.39, 0.29) is 5.91 Å². The molecule has 1 aromatic carbocycles. The Hall–Kier alpha value is -2.41. The maximum atomic E-state index is 11.3. The summed E-state index contributed by atoms with van der Waals surface area (Å²) in [5.41, 5.74) is 8.49. The molecule has 19 heavy (non-hydrogen) atoms. The van der Waals surface area contributed by atoms with E-state index >= 15 is 0 Å². The van der Waals surface area contributed by atoms with Crippen molar-refractivity contribution in [2.24, 2.45) is 0 Å². The summed E-state index contributed by atoms with van der Waals surface area (Å²) in [6.45, 7) is 0. The van der Waals surface area contributed by atoms with Crippen LogP contribution in [0, 0.1) is 0 Å². The number of hydrogen-bond acceptors (Lipinski definition) is 5. The summed E-state index contributed by atoms with van der Waals surface area (Å²) in [7, 11) is 0. The number of imidazole rings is 1. The van der Waals surface area contributed by atoms with E-state index in [2.05, 4.69) is 15.4 Å². The molecule has 0 unspecified atom stereocenters. The first-order chi connectivity index (χ1) is 9.19. The molecule has 0 fully saturated rings. The predicted octanol–water partition coefficient (Wildman–Crippen LogP) is 1.53. The minimum Gasteiger partial charge on any atom is -0.382 e. The number of nitrogens with one attached hydrogen (secondary N) is 1. The van der Waals surface area contributed by atoms with Crippen molar-refractivity contribution >= 4 is 33.7 Å². The highest BCUT2D eigenvalue weighted by Crippen LogP contribution is 2.31. The Balaban J connectivity index is 1.81. The van der Waals surface area contributed by atoms with Gasteiger partial charge in [-0.2, -0.15) is 5.10 Å². The minimum atomic E-state index is 0.0360. The zero-order valence-corrected chi connectivity index (χ0v) is 10.6. The van der Waals surface area contributed by atoms with Gasteiger partial charge >= 0.3 is 0 Å². The van der Waals surface area contributed by atoms with Crippen LogP contribution in [0.5, 0.6) is 0 Å². The monoisotopic (exact) mass is 271 g/mol. The Morgan fingerprint density at radius 2 is 2.32 bits per heavy atom. The van der Waals surface area contributed by atoms with Crippen LogP contribution in [0.25, 0.3) is 15.5 Å². The first-order valence-electron chi connectivity index (χ1n) is 5.74. The van der Waals surface area contributed by atoms with Gasteiger partial charge in [0.05, 0.1) is 12.6 Å². The number of anilines is 2. The molecule has 3 heterocycles. The molecule has 7 heteroatoms. The number of hydrogen-bond donors (Lipinski definition) is 2. The van der Waals surface area contributed by atoms with Crippen LogP contribution < -0.4 is 11.1 Å². The number of benzene rings is 1. The van der Waals surface area contributed by atoms with E-state index < -0.39 is 0 Å². The summed E-state index contributed by atoms with van der Waals surface area (Å²) >= 11 is 1.47. The third-order valence-corrected chi connectivity index (χ3v) is 4.01. The van der Waals surface area contributed by atoms with Gasteiger partial charge in [0, 0.05) is 11.3 Å². The smallest absolute Gasteiger partial charge is 0.228 e. The average Bonchev–Trinajstić information content (AvgIpc) is 2.98. The zero-order chi connectivity index (χ0) is 13.0.